The summed E-state index contributed by atoms with van der Waals surface area (Å²) in [5.74, 6) is -0.171. The molecule has 0 unspecified atom stereocenters. The van der Waals surface area contributed by atoms with Gasteiger partial charge in [0.05, 0.1) is 11.9 Å². The van der Waals surface area contributed by atoms with Crippen LogP contribution in [0.5, 0.6) is 0 Å². The molecule has 4 heterocycles. The third kappa shape index (κ3) is 3.29. The molecule has 0 saturated heterocycles. The van der Waals surface area contributed by atoms with Crippen LogP contribution >= 0.6 is 11.3 Å². The number of aromatic nitrogens is 5. The van der Waals surface area contributed by atoms with Gasteiger partial charge in [-0.05, 0) is 12.1 Å². The van der Waals surface area contributed by atoms with Crippen LogP contribution < -0.4 is 5.32 Å². The lowest BCUT2D eigenvalue weighted by molar-refractivity contribution is 0.0950. The van der Waals surface area contributed by atoms with E-state index in [-0.39, 0.29) is 5.91 Å². The molecule has 0 saturated carbocycles. The molecule has 4 aromatic rings. The quantitative estimate of drug-likeness (QED) is 0.597. The molecule has 0 bridgehead atoms. The Labute approximate surface area is 148 Å². The van der Waals surface area contributed by atoms with Gasteiger partial charge in [0.15, 0.2) is 0 Å². The van der Waals surface area contributed by atoms with E-state index in [0.29, 0.717) is 18.7 Å². The third-order valence-electron chi connectivity index (χ3n) is 3.77. The molecule has 0 atom stereocenters. The second-order valence-electron chi connectivity index (χ2n) is 5.64. The normalized spacial score (nSPS) is 11.1. The number of hydrogen-bond acceptors (Lipinski definition) is 5. The van der Waals surface area contributed by atoms with Gasteiger partial charge in [-0.15, -0.1) is 11.3 Å². The zero-order chi connectivity index (χ0) is 17.2. The van der Waals surface area contributed by atoms with Crippen LogP contribution in [0.1, 0.15) is 16.2 Å². The molecule has 8 heteroatoms. The smallest absolute Gasteiger partial charge is 0.270 e. The fourth-order valence-electron chi connectivity index (χ4n) is 2.54. The first kappa shape index (κ1) is 15.5. The van der Waals surface area contributed by atoms with Crippen molar-refractivity contribution < 1.29 is 4.79 Å². The van der Waals surface area contributed by atoms with Gasteiger partial charge in [0.2, 0.25) is 0 Å². The van der Waals surface area contributed by atoms with Crippen LogP contribution in [0.3, 0.4) is 0 Å². The topological polar surface area (TPSA) is 77.1 Å². The van der Waals surface area contributed by atoms with Gasteiger partial charge in [-0.3, -0.25) is 9.48 Å². The van der Waals surface area contributed by atoms with Crippen LogP contribution in [-0.2, 0) is 13.5 Å². The number of aryl methyl sites for hydroxylation is 1. The Balaban J connectivity index is 1.36. The Morgan fingerprint density at radius 2 is 2.20 bits per heavy atom. The van der Waals surface area contributed by atoms with E-state index < -0.39 is 0 Å². The molecule has 4 aromatic heterocycles. The molecule has 126 valence electrons. The average molecular weight is 352 g/mol. The molecular formula is C17H16N6OS. The van der Waals surface area contributed by atoms with Crippen LogP contribution in [0.25, 0.3) is 16.2 Å². The fraction of sp³-hybridized carbons (Fsp3) is 0.176. The summed E-state index contributed by atoms with van der Waals surface area (Å²) in [7, 11) is 1.85. The first-order valence-electron chi connectivity index (χ1n) is 7.84. The highest BCUT2D eigenvalue weighted by Gasteiger charge is 2.12. The highest BCUT2D eigenvalue weighted by atomic mass is 32.1. The van der Waals surface area contributed by atoms with Crippen molar-refractivity contribution in [3.63, 3.8) is 0 Å². The van der Waals surface area contributed by atoms with Gasteiger partial charge in [0.25, 0.3) is 5.91 Å². The second kappa shape index (κ2) is 6.48. The Morgan fingerprint density at radius 1 is 1.28 bits per heavy atom. The van der Waals surface area contributed by atoms with Crippen molar-refractivity contribution >= 4 is 22.9 Å². The van der Waals surface area contributed by atoms with Crippen molar-refractivity contribution in [3.8, 4) is 10.6 Å². The average Bonchev–Trinajstić information content (AvgIpc) is 3.32. The van der Waals surface area contributed by atoms with Crippen LogP contribution in [0, 0.1) is 0 Å². The summed E-state index contributed by atoms with van der Waals surface area (Å²) in [6.45, 7) is 0.516. The number of hydrogen-bond donors (Lipinski definition) is 1. The first-order valence-corrected chi connectivity index (χ1v) is 8.72. The van der Waals surface area contributed by atoms with E-state index in [1.807, 2.05) is 48.2 Å². The predicted molar refractivity (Wildman–Crippen MR) is 95.5 cm³/mol. The van der Waals surface area contributed by atoms with Crippen LogP contribution in [0.15, 0.2) is 48.4 Å². The minimum Gasteiger partial charge on any atom is -0.350 e. The molecule has 0 spiro atoms. The number of nitrogens with zero attached hydrogens (tertiary/aromatic N) is 5. The van der Waals surface area contributed by atoms with Gasteiger partial charge in [0.1, 0.15) is 16.3 Å². The molecule has 25 heavy (non-hydrogen) atoms. The van der Waals surface area contributed by atoms with E-state index in [4.69, 9.17) is 0 Å². The Morgan fingerprint density at radius 3 is 3.00 bits per heavy atom. The van der Waals surface area contributed by atoms with Gasteiger partial charge < -0.3 is 9.72 Å². The van der Waals surface area contributed by atoms with Crippen molar-refractivity contribution in [2.24, 2.45) is 7.05 Å². The maximum absolute atomic E-state index is 12.2. The summed E-state index contributed by atoms with van der Waals surface area (Å²) in [6.07, 6.45) is 8.23. The van der Waals surface area contributed by atoms with E-state index in [1.165, 1.54) is 11.3 Å². The maximum Gasteiger partial charge on any atom is 0.270 e. The van der Waals surface area contributed by atoms with E-state index in [0.717, 1.165) is 21.9 Å². The van der Waals surface area contributed by atoms with Crippen molar-refractivity contribution in [3.05, 3.63) is 59.8 Å². The van der Waals surface area contributed by atoms with E-state index in [9.17, 15) is 4.79 Å². The predicted octanol–water partition coefficient (Wildman–Crippen LogP) is 2.16. The molecule has 1 N–H and O–H groups in total. The molecule has 0 aliphatic carbocycles. The number of carbonyl (C=O) groups is 1. The molecule has 0 aliphatic heterocycles. The number of amides is 1. The molecule has 1 amide bonds. The summed E-state index contributed by atoms with van der Waals surface area (Å²) < 4.78 is 3.68. The number of imidazole rings is 1. The summed E-state index contributed by atoms with van der Waals surface area (Å²) >= 11 is 1.44. The molecule has 0 radical (unpaired) electrons. The van der Waals surface area contributed by atoms with Crippen LogP contribution in [-0.4, -0.2) is 36.6 Å². The molecule has 4 rings (SSSR count). The zero-order valence-corrected chi connectivity index (χ0v) is 14.4. The summed E-state index contributed by atoms with van der Waals surface area (Å²) in [5.41, 5.74) is 3.19. The lowest BCUT2D eigenvalue weighted by Gasteiger charge is -2.00. The highest BCUT2D eigenvalue weighted by Crippen LogP contribution is 2.22. The molecule has 0 aromatic carbocycles. The van der Waals surface area contributed by atoms with Crippen molar-refractivity contribution in [2.75, 3.05) is 6.54 Å². The van der Waals surface area contributed by atoms with Crippen molar-refractivity contribution in [1.82, 2.24) is 29.5 Å². The standard InChI is InChI=1S/C17H16N6OS/c1-22-9-12(8-19-22)17-21-14(11-25-17)16(24)18-6-5-13-10-23-7-3-2-4-15(23)20-13/h2-4,7-11H,5-6H2,1H3,(H,18,24). The lowest BCUT2D eigenvalue weighted by atomic mass is 10.3. The third-order valence-corrected chi connectivity index (χ3v) is 4.66. The second-order valence-corrected chi connectivity index (χ2v) is 6.50. The summed E-state index contributed by atoms with van der Waals surface area (Å²) in [4.78, 5) is 21.1. The van der Waals surface area contributed by atoms with Gasteiger partial charge in [-0.2, -0.15) is 5.10 Å². The van der Waals surface area contributed by atoms with E-state index in [1.54, 1.807) is 16.3 Å². The maximum atomic E-state index is 12.2. The number of nitrogens with one attached hydrogen (secondary N) is 1. The van der Waals surface area contributed by atoms with Gasteiger partial charge >= 0.3 is 0 Å². The SMILES string of the molecule is Cn1cc(-c2nc(C(=O)NCCc3cn4ccccc4n3)cs2)cn1. The lowest BCUT2D eigenvalue weighted by Crippen LogP contribution is -2.26. The number of rotatable bonds is 5. The molecule has 7 nitrogen and oxygen atoms in total. The fourth-order valence-corrected chi connectivity index (χ4v) is 3.32. The number of carbonyl (C=O) groups excluding carboxylic acids is 1. The Kier molecular flexibility index (Phi) is 4.02. The molecule has 0 aliphatic rings. The largest absolute Gasteiger partial charge is 0.350 e. The van der Waals surface area contributed by atoms with Crippen LogP contribution in [0.4, 0.5) is 0 Å². The number of thiazole rings is 1. The molecule has 0 fully saturated rings. The van der Waals surface area contributed by atoms with Crippen molar-refractivity contribution in [2.45, 2.75) is 6.42 Å². The Bertz CT molecular complexity index is 998. The zero-order valence-electron chi connectivity index (χ0n) is 13.6. The summed E-state index contributed by atoms with van der Waals surface area (Å²) in [5, 5.41) is 9.58. The molecular weight excluding hydrogens is 336 g/mol. The number of fused-ring (bicyclic) bond motifs is 1. The monoisotopic (exact) mass is 352 g/mol. The van der Waals surface area contributed by atoms with Gasteiger partial charge in [-0.25, -0.2) is 9.97 Å². The van der Waals surface area contributed by atoms with E-state index >= 15 is 0 Å². The Hall–Kier alpha value is -3.00. The van der Waals surface area contributed by atoms with E-state index in [2.05, 4.69) is 20.4 Å². The van der Waals surface area contributed by atoms with Gasteiger partial charge in [-0.1, -0.05) is 6.07 Å². The van der Waals surface area contributed by atoms with Crippen molar-refractivity contribution in [1.29, 1.82) is 0 Å². The number of pyridine rings is 1. The summed E-state index contributed by atoms with van der Waals surface area (Å²) in [6, 6.07) is 5.87. The highest BCUT2D eigenvalue weighted by molar-refractivity contribution is 7.13. The van der Waals surface area contributed by atoms with Gasteiger partial charge in [0, 0.05) is 49.5 Å². The minimum absolute atomic E-state index is 0.171. The van der Waals surface area contributed by atoms with Crippen LogP contribution in [0.2, 0.25) is 0 Å². The minimum atomic E-state index is -0.171. The first-order chi connectivity index (χ1) is 12.2.